The lowest BCUT2D eigenvalue weighted by Crippen LogP contribution is -2.31. The van der Waals surface area contributed by atoms with Crippen molar-refractivity contribution >= 4 is 12.0 Å². The molecular formula is C18H18N2O2. The topological polar surface area (TPSA) is 57.2 Å². The van der Waals surface area contributed by atoms with Gasteiger partial charge in [0.2, 0.25) is 0 Å². The number of carbonyl (C=O) groups is 1. The number of amides is 1. The van der Waals surface area contributed by atoms with Gasteiger partial charge in [-0.25, -0.2) is 0 Å². The second-order valence-electron chi connectivity index (χ2n) is 4.72. The molecule has 0 N–H and O–H groups in total. The molecule has 0 saturated carbocycles. The number of hydrogen-bond acceptors (Lipinski definition) is 3. The fourth-order valence-corrected chi connectivity index (χ4v) is 2.15. The number of nitrogens with zero attached hydrogens (tertiary/aromatic N) is 2. The van der Waals surface area contributed by atoms with E-state index in [2.05, 4.69) is 0 Å². The minimum absolute atomic E-state index is 0.0812. The number of benzene rings is 1. The van der Waals surface area contributed by atoms with Crippen LogP contribution in [0.5, 0.6) is 0 Å². The van der Waals surface area contributed by atoms with Gasteiger partial charge in [-0.15, -0.1) is 0 Å². The Hall–Kier alpha value is -2.80. The molecule has 0 aliphatic heterocycles. The van der Waals surface area contributed by atoms with Crippen molar-refractivity contribution in [3.8, 4) is 17.4 Å². The molecule has 1 amide bonds. The summed E-state index contributed by atoms with van der Waals surface area (Å²) >= 11 is 0. The number of furan rings is 1. The summed E-state index contributed by atoms with van der Waals surface area (Å²) in [4.78, 5) is 13.8. The fourth-order valence-electron chi connectivity index (χ4n) is 2.15. The number of carbonyl (C=O) groups excluding carboxylic acids is 1. The molecule has 2 aromatic rings. The van der Waals surface area contributed by atoms with E-state index < -0.39 is 0 Å². The second-order valence-corrected chi connectivity index (χ2v) is 4.72. The lowest BCUT2D eigenvalue weighted by molar-refractivity contribution is -0.126. The van der Waals surface area contributed by atoms with E-state index in [0.29, 0.717) is 24.6 Å². The third kappa shape index (κ3) is 3.44. The summed E-state index contributed by atoms with van der Waals surface area (Å²) < 4.78 is 5.70. The van der Waals surface area contributed by atoms with Gasteiger partial charge in [0, 0.05) is 24.7 Å². The van der Waals surface area contributed by atoms with Crippen LogP contribution in [0, 0.1) is 11.3 Å². The van der Waals surface area contributed by atoms with E-state index in [1.165, 1.54) is 6.08 Å². The molecule has 4 nitrogen and oxygen atoms in total. The molecule has 0 aliphatic rings. The second kappa shape index (κ2) is 7.28. The predicted octanol–water partition coefficient (Wildman–Crippen LogP) is 3.72. The van der Waals surface area contributed by atoms with Crippen LogP contribution in [0.1, 0.15) is 19.6 Å². The van der Waals surface area contributed by atoms with Crippen molar-refractivity contribution in [1.29, 1.82) is 5.26 Å². The number of likely N-dealkylation sites (N-methyl/N-ethyl adjacent to an activating group) is 1. The molecule has 0 unspecified atom stereocenters. The summed E-state index contributed by atoms with van der Waals surface area (Å²) in [6.45, 7) is 4.91. The lowest BCUT2D eigenvalue weighted by Gasteiger charge is -2.17. The average Bonchev–Trinajstić information content (AvgIpc) is 3.03. The Bertz CT molecular complexity index is 704. The van der Waals surface area contributed by atoms with E-state index in [1.807, 2.05) is 56.3 Å². The average molecular weight is 294 g/mol. The van der Waals surface area contributed by atoms with Gasteiger partial charge in [0.05, 0.1) is 0 Å². The van der Waals surface area contributed by atoms with Gasteiger partial charge in [-0.05, 0) is 26.0 Å². The van der Waals surface area contributed by atoms with Crippen molar-refractivity contribution in [3.63, 3.8) is 0 Å². The normalized spacial score (nSPS) is 11.0. The third-order valence-corrected chi connectivity index (χ3v) is 3.37. The van der Waals surface area contributed by atoms with E-state index in [9.17, 15) is 10.1 Å². The van der Waals surface area contributed by atoms with E-state index in [0.717, 1.165) is 5.56 Å². The standard InChI is InChI=1S/C18H18N2O2/c1-3-20(4-2)18(21)15(13-19)12-16-10-11-17(22-16)14-8-6-5-7-9-14/h5-12H,3-4H2,1-2H3. The highest BCUT2D eigenvalue weighted by atomic mass is 16.3. The molecule has 112 valence electrons. The highest BCUT2D eigenvalue weighted by Gasteiger charge is 2.16. The molecule has 0 bridgehead atoms. The third-order valence-electron chi connectivity index (χ3n) is 3.37. The van der Waals surface area contributed by atoms with Gasteiger partial charge < -0.3 is 9.32 Å². The van der Waals surface area contributed by atoms with Crippen molar-refractivity contribution in [2.24, 2.45) is 0 Å². The monoisotopic (exact) mass is 294 g/mol. The van der Waals surface area contributed by atoms with E-state index in [-0.39, 0.29) is 11.5 Å². The van der Waals surface area contributed by atoms with Crippen molar-refractivity contribution in [1.82, 2.24) is 4.90 Å². The van der Waals surface area contributed by atoms with E-state index >= 15 is 0 Å². The van der Waals surface area contributed by atoms with Crippen LogP contribution < -0.4 is 0 Å². The Morgan fingerprint density at radius 3 is 2.45 bits per heavy atom. The summed E-state index contributed by atoms with van der Waals surface area (Å²) in [6, 6.07) is 15.2. The summed E-state index contributed by atoms with van der Waals surface area (Å²) in [5, 5.41) is 9.21. The van der Waals surface area contributed by atoms with E-state index in [4.69, 9.17) is 4.42 Å². The van der Waals surface area contributed by atoms with Crippen LogP contribution in [0.3, 0.4) is 0 Å². The molecule has 0 spiro atoms. The maximum Gasteiger partial charge on any atom is 0.264 e. The largest absolute Gasteiger partial charge is 0.457 e. The van der Waals surface area contributed by atoms with Crippen LogP contribution >= 0.6 is 0 Å². The minimum Gasteiger partial charge on any atom is -0.457 e. The minimum atomic E-state index is -0.273. The smallest absolute Gasteiger partial charge is 0.264 e. The molecule has 0 atom stereocenters. The molecule has 4 heteroatoms. The Labute approximate surface area is 130 Å². The lowest BCUT2D eigenvalue weighted by atomic mass is 10.2. The molecule has 0 saturated heterocycles. The van der Waals surface area contributed by atoms with Crippen LogP contribution in [0.25, 0.3) is 17.4 Å². The van der Waals surface area contributed by atoms with Crippen LogP contribution in [-0.4, -0.2) is 23.9 Å². The molecule has 0 fully saturated rings. The first-order chi connectivity index (χ1) is 10.7. The van der Waals surface area contributed by atoms with Crippen LogP contribution in [0.4, 0.5) is 0 Å². The maximum atomic E-state index is 12.2. The summed E-state index contributed by atoms with van der Waals surface area (Å²) in [6.07, 6.45) is 1.49. The molecule has 22 heavy (non-hydrogen) atoms. The fraction of sp³-hybridized carbons (Fsp3) is 0.222. The number of nitriles is 1. The van der Waals surface area contributed by atoms with E-state index in [1.54, 1.807) is 11.0 Å². The van der Waals surface area contributed by atoms with Crippen molar-refractivity contribution in [2.75, 3.05) is 13.1 Å². The van der Waals surface area contributed by atoms with Gasteiger partial charge in [0.15, 0.2) is 0 Å². The Morgan fingerprint density at radius 1 is 1.18 bits per heavy atom. The van der Waals surface area contributed by atoms with Gasteiger partial charge in [0.1, 0.15) is 23.2 Å². The van der Waals surface area contributed by atoms with Crippen LogP contribution in [0.2, 0.25) is 0 Å². The van der Waals surface area contributed by atoms with Crippen LogP contribution in [-0.2, 0) is 4.79 Å². The Morgan fingerprint density at radius 2 is 1.86 bits per heavy atom. The summed E-state index contributed by atoms with van der Waals surface area (Å²) in [7, 11) is 0. The summed E-state index contributed by atoms with van der Waals surface area (Å²) in [5.41, 5.74) is 1.04. The number of rotatable bonds is 5. The highest BCUT2D eigenvalue weighted by molar-refractivity contribution is 6.01. The molecule has 1 heterocycles. The molecule has 1 aromatic carbocycles. The van der Waals surface area contributed by atoms with Gasteiger partial charge in [-0.2, -0.15) is 5.26 Å². The SMILES string of the molecule is CCN(CC)C(=O)C(C#N)=Cc1ccc(-c2ccccc2)o1. The van der Waals surface area contributed by atoms with Gasteiger partial charge >= 0.3 is 0 Å². The van der Waals surface area contributed by atoms with Gasteiger partial charge in [-0.3, -0.25) is 4.79 Å². The molecular weight excluding hydrogens is 276 g/mol. The molecule has 0 aliphatic carbocycles. The first kappa shape index (κ1) is 15.6. The van der Waals surface area contributed by atoms with Crippen LogP contribution in [0.15, 0.2) is 52.5 Å². The Kier molecular flexibility index (Phi) is 5.16. The first-order valence-corrected chi connectivity index (χ1v) is 7.25. The maximum absolute atomic E-state index is 12.2. The Balaban J connectivity index is 2.26. The highest BCUT2D eigenvalue weighted by Crippen LogP contribution is 2.23. The zero-order valence-corrected chi connectivity index (χ0v) is 12.7. The zero-order valence-electron chi connectivity index (χ0n) is 12.7. The first-order valence-electron chi connectivity index (χ1n) is 7.25. The quantitative estimate of drug-likeness (QED) is 0.623. The van der Waals surface area contributed by atoms with Gasteiger partial charge in [0.25, 0.3) is 5.91 Å². The van der Waals surface area contributed by atoms with Gasteiger partial charge in [-0.1, -0.05) is 30.3 Å². The van der Waals surface area contributed by atoms with Crippen molar-refractivity contribution in [3.05, 3.63) is 53.8 Å². The van der Waals surface area contributed by atoms with Crippen molar-refractivity contribution < 1.29 is 9.21 Å². The molecule has 0 radical (unpaired) electrons. The number of hydrogen-bond donors (Lipinski definition) is 0. The zero-order chi connectivity index (χ0) is 15.9. The summed E-state index contributed by atoms with van der Waals surface area (Å²) in [5.74, 6) is 0.931. The predicted molar refractivity (Wildman–Crippen MR) is 85.7 cm³/mol. The molecule has 1 aromatic heterocycles. The van der Waals surface area contributed by atoms with Crippen molar-refractivity contribution in [2.45, 2.75) is 13.8 Å². The molecule has 2 rings (SSSR count).